The molecular weight excluding hydrogens is 473 g/mol. The molecule has 2 unspecified atom stereocenters. The van der Waals surface area contributed by atoms with E-state index in [0.717, 1.165) is 9.99 Å². The Morgan fingerprint density at radius 1 is 1.11 bits per heavy atom. The van der Waals surface area contributed by atoms with Gasteiger partial charge < -0.3 is 14.6 Å². The Balaban J connectivity index is 1.58. The first-order valence-corrected chi connectivity index (χ1v) is 9.99. The third-order valence-electron chi connectivity index (χ3n) is 6.06. The van der Waals surface area contributed by atoms with Crippen molar-refractivity contribution in [2.75, 3.05) is 0 Å². The number of hydrogen-bond donors (Lipinski definition) is 1. The first-order chi connectivity index (χ1) is 12.6. The van der Waals surface area contributed by atoms with E-state index in [1.54, 1.807) is 12.1 Å². The Labute approximate surface area is 168 Å². The fraction of sp³-hybridized carbons (Fsp3) is 0.579. The Bertz CT molecular complexity index is 765. The van der Waals surface area contributed by atoms with Gasteiger partial charge in [0.15, 0.2) is 0 Å². The van der Waals surface area contributed by atoms with Crippen molar-refractivity contribution in [1.29, 1.82) is 0 Å². The summed E-state index contributed by atoms with van der Waals surface area (Å²) in [6, 6.07) is 7.04. The van der Waals surface area contributed by atoms with Crippen LogP contribution in [-0.2, 0) is 14.3 Å². The molecule has 4 aliphatic carbocycles. The lowest BCUT2D eigenvalue weighted by atomic mass is 9.48. The van der Waals surface area contributed by atoms with E-state index < -0.39 is 29.1 Å². The summed E-state index contributed by atoms with van der Waals surface area (Å²) in [4.78, 5) is 23.9. The van der Waals surface area contributed by atoms with E-state index in [1.165, 1.54) is 0 Å². The molecule has 0 aliphatic heterocycles. The lowest BCUT2D eigenvalue weighted by Crippen LogP contribution is -2.62. The lowest BCUT2D eigenvalue weighted by molar-refractivity contribution is -0.321. The highest BCUT2D eigenvalue weighted by molar-refractivity contribution is 14.1. The number of benzene rings is 1. The molecule has 146 valence electrons. The van der Waals surface area contributed by atoms with Crippen LogP contribution in [0.2, 0.25) is 0 Å². The van der Waals surface area contributed by atoms with Gasteiger partial charge in [0.25, 0.3) is 0 Å². The molecule has 0 amide bonds. The smallest absolute Gasteiger partial charge is 0.456 e. The van der Waals surface area contributed by atoms with E-state index in [0.29, 0.717) is 31.4 Å². The summed E-state index contributed by atoms with van der Waals surface area (Å²) < 4.78 is 39.1. The van der Waals surface area contributed by atoms with E-state index in [4.69, 9.17) is 14.6 Å². The Hall–Kier alpha value is -1.29. The third kappa shape index (κ3) is 3.46. The fourth-order valence-corrected chi connectivity index (χ4v) is 5.93. The number of carbonyl (C=O) groups is 2. The highest BCUT2D eigenvalue weighted by Crippen LogP contribution is 2.64. The predicted octanol–water partition coefficient (Wildman–Crippen LogP) is 4.23. The van der Waals surface area contributed by atoms with E-state index in [-0.39, 0.29) is 18.3 Å². The second-order valence-corrected chi connectivity index (χ2v) is 9.44. The van der Waals surface area contributed by atoms with Crippen molar-refractivity contribution >= 4 is 34.5 Å². The minimum Gasteiger partial charge on any atom is -0.475 e. The number of ether oxygens (including phenoxy) is 2. The van der Waals surface area contributed by atoms with Gasteiger partial charge in [0.05, 0.1) is 11.0 Å². The predicted molar refractivity (Wildman–Crippen MR) is 98.3 cm³/mol. The zero-order chi connectivity index (χ0) is 19.4. The van der Waals surface area contributed by atoms with Gasteiger partial charge in [-0.25, -0.2) is 4.79 Å². The number of halogens is 3. The van der Waals surface area contributed by atoms with E-state index >= 15 is 0 Å². The molecule has 1 N–H and O–H groups in total. The van der Waals surface area contributed by atoms with E-state index in [1.807, 2.05) is 12.1 Å². The fourth-order valence-electron chi connectivity index (χ4n) is 5.57. The van der Waals surface area contributed by atoms with Crippen molar-refractivity contribution in [3.05, 3.63) is 27.8 Å². The van der Waals surface area contributed by atoms with Crippen LogP contribution in [0.3, 0.4) is 0 Å². The van der Waals surface area contributed by atoms with Gasteiger partial charge >= 0.3 is 18.0 Å². The number of rotatable bonds is 5. The van der Waals surface area contributed by atoms with Crippen LogP contribution in [-0.4, -0.2) is 28.8 Å². The highest BCUT2D eigenvalue weighted by atomic mass is 127. The molecule has 4 bridgehead atoms. The Morgan fingerprint density at radius 3 is 2.26 bits per heavy atom. The molecule has 2 atom stereocenters. The monoisotopic (exact) mass is 492 g/mol. The average Bonchev–Trinajstić information content (AvgIpc) is 2.54. The molecule has 4 fully saturated rings. The first-order valence-electron chi connectivity index (χ1n) is 8.91. The van der Waals surface area contributed by atoms with Crippen molar-refractivity contribution in [2.45, 2.75) is 50.2 Å². The van der Waals surface area contributed by atoms with Crippen molar-refractivity contribution in [3.63, 3.8) is 0 Å². The lowest BCUT2D eigenvalue weighted by Gasteiger charge is -2.60. The van der Waals surface area contributed by atoms with Gasteiger partial charge in [-0.1, -0.05) is 0 Å². The molecule has 27 heavy (non-hydrogen) atoms. The van der Waals surface area contributed by atoms with E-state index in [2.05, 4.69) is 22.6 Å². The van der Waals surface area contributed by atoms with Crippen LogP contribution in [0.5, 0.6) is 5.75 Å². The van der Waals surface area contributed by atoms with Gasteiger partial charge in [-0.2, -0.15) is 8.78 Å². The van der Waals surface area contributed by atoms with Gasteiger partial charge in [-0.3, -0.25) is 4.79 Å². The number of carbonyl (C=O) groups excluding carboxylic acids is 1. The zero-order valence-electron chi connectivity index (χ0n) is 14.4. The van der Waals surface area contributed by atoms with Crippen molar-refractivity contribution in [3.8, 4) is 5.75 Å². The Morgan fingerprint density at radius 2 is 1.70 bits per heavy atom. The topological polar surface area (TPSA) is 72.8 Å². The maximum atomic E-state index is 13.8. The van der Waals surface area contributed by atoms with Crippen LogP contribution in [0.25, 0.3) is 0 Å². The largest absolute Gasteiger partial charge is 0.475 e. The molecule has 4 aliphatic rings. The molecule has 0 heterocycles. The van der Waals surface area contributed by atoms with Crippen molar-refractivity contribution < 1.29 is 33.0 Å². The number of esters is 1. The van der Waals surface area contributed by atoms with Crippen LogP contribution in [0, 0.1) is 20.8 Å². The summed E-state index contributed by atoms with van der Waals surface area (Å²) in [5.74, 6) is -2.17. The normalized spacial score (nSPS) is 34.5. The second-order valence-electron chi connectivity index (χ2n) is 8.19. The van der Waals surface area contributed by atoms with Crippen molar-refractivity contribution in [2.24, 2.45) is 17.3 Å². The summed E-state index contributed by atoms with van der Waals surface area (Å²) in [5, 5.41) is 8.77. The molecule has 5 rings (SSSR count). The molecule has 5 nitrogen and oxygen atoms in total. The molecule has 1 aromatic carbocycles. The first kappa shape index (κ1) is 19.0. The third-order valence-corrected chi connectivity index (χ3v) is 6.78. The molecule has 0 radical (unpaired) electrons. The molecular formula is C19H19F2IO5. The number of carboxylic acid groups (broad SMARTS) is 1. The van der Waals surface area contributed by atoms with Gasteiger partial charge in [0.2, 0.25) is 0 Å². The molecule has 0 aromatic heterocycles. The number of alkyl halides is 2. The quantitative estimate of drug-likeness (QED) is 0.379. The SMILES string of the molecule is O=C(Oc1ccc(I)cc1)C12CC3CC(CC(OC(F)(F)C(=O)O)(C3)C1)C2. The summed E-state index contributed by atoms with van der Waals surface area (Å²) in [6.07, 6.45) is -1.42. The zero-order valence-corrected chi connectivity index (χ0v) is 16.6. The number of hydrogen-bond acceptors (Lipinski definition) is 4. The van der Waals surface area contributed by atoms with Crippen LogP contribution < -0.4 is 4.74 Å². The van der Waals surface area contributed by atoms with E-state index in [9.17, 15) is 18.4 Å². The molecule has 0 spiro atoms. The summed E-state index contributed by atoms with van der Waals surface area (Å²) in [7, 11) is 0. The van der Waals surface area contributed by atoms with Gasteiger partial charge in [0, 0.05) is 3.57 Å². The molecule has 8 heteroatoms. The maximum absolute atomic E-state index is 13.8. The van der Waals surface area contributed by atoms with Gasteiger partial charge in [-0.15, -0.1) is 0 Å². The molecule has 0 saturated heterocycles. The number of carboxylic acids is 1. The maximum Gasteiger partial charge on any atom is 0.456 e. The summed E-state index contributed by atoms with van der Waals surface area (Å²) in [5.41, 5.74) is -2.17. The molecule has 4 saturated carbocycles. The summed E-state index contributed by atoms with van der Waals surface area (Å²) >= 11 is 2.15. The van der Waals surface area contributed by atoms with Crippen LogP contribution in [0.4, 0.5) is 8.78 Å². The minimum absolute atomic E-state index is 0.0696. The van der Waals surface area contributed by atoms with Crippen LogP contribution >= 0.6 is 22.6 Å². The highest BCUT2D eigenvalue weighted by Gasteiger charge is 2.64. The summed E-state index contributed by atoms with van der Waals surface area (Å²) in [6.45, 7) is 0. The standard InChI is InChI=1S/C19H19F2IO5/c20-19(21,15(23)24)27-18-8-11-5-12(9-18)7-17(6-11,10-18)16(25)26-14-3-1-13(22)2-4-14/h1-4,11-12H,5-10H2,(H,23,24). The van der Waals surface area contributed by atoms with Gasteiger partial charge in [0.1, 0.15) is 5.75 Å². The van der Waals surface area contributed by atoms with Crippen LogP contribution in [0.1, 0.15) is 38.5 Å². The number of aliphatic carboxylic acids is 1. The van der Waals surface area contributed by atoms with Crippen molar-refractivity contribution in [1.82, 2.24) is 0 Å². The Kier molecular flexibility index (Phi) is 4.49. The second kappa shape index (κ2) is 6.37. The molecule has 1 aromatic rings. The average molecular weight is 492 g/mol. The minimum atomic E-state index is -4.26. The van der Waals surface area contributed by atoms with Crippen LogP contribution in [0.15, 0.2) is 24.3 Å². The van der Waals surface area contributed by atoms with Gasteiger partial charge in [-0.05, 0) is 97.2 Å².